The van der Waals surface area contributed by atoms with Gasteiger partial charge in [0.25, 0.3) is 5.22 Å². The number of oxazole rings is 1. The van der Waals surface area contributed by atoms with Crippen molar-refractivity contribution in [3.8, 4) is 5.75 Å². The summed E-state index contributed by atoms with van der Waals surface area (Å²) in [4.78, 5) is 5.40. The highest BCUT2D eigenvalue weighted by Crippen LogP contribution is 2.32. The summed E-state index contributed by atoms with van der Waals surface area (Å²) in [6, 6.07) is 13.3. The van der Waals surface area contributed by atoms with Gasteiger partial charge in [-0.05, 0) is 42.1 Å². The third-order valence-corrected chi connectivity index (χ3v) is 3.52. The van der Waals surface area contributed by atoms with Gasteiger partial charge >= 0.3 is 0 Å². The maximum atomic E-state index is 5.86. The van der Waals surface area contributed by atoms with Crippen LogP contribution in [0.2, 0.25) is 0 Å². The second-order valence-corrected chi connectivity index (χ2v) is 4.98. The monoisotopic (exact) mass is 272 g/mol. The van der Waals surface area contributed by atoms with Gasteiger partial charge in [0.05, 0.1) is 12.8 Å². The molecule has 0 unspecified atom stereocenters. The van der Waals surface area contributed by atoms with Crippen LogP contribution in [0.15, 0.2) is 57.0 Å². The number of nitrogen functional groups attached to an aromatic ring is 1. The zero-order valence-electron chi connectivity index (χ0n) is 10.3. The summed E-state index contributed by atoms with van der Waals surface area (Å²) < 4.78 is 10.8. The number of benzene rings is 2. The predicted octanol–water partition coefficient (Wildman–Crippen LogP) is 3.57. The lowest BCUT2D eigenvalue weighted by molar-refractivity contribution is 0.413. The molecule has 2 aromatic carbocycles. The second-order valence-electron chi connectivity index (χ2n) is 3.95. The van der Waals surface area contributed by atoms with E-state index in [1.54, 1.807) is 7.11 Å². The summed E-state index contributed by atoms with van der Waals surface area (Å²) in [6.07, 6.45) is 0. The molecule has 0 atom stereocenters. The highest BCUT2D eigenvalue weighted by Gasteiger charge is 2.09. The van der Waals surface area contributed by atoms with Gasteiger partial charge in [0, 0.05) is 4.90 Å². The number of aromatic nitrogens is 1. The summed E-state index contributed by atoms with van der Waals surface area (Å²) >= 11 is 1.44. The van der Waals surface area contributed by atoms with Crippen LogP contribution in [-0.4, -0.2) is 12.1 Å². The largest absolute Gasteiger partial charge is 0.497 e. The molecule has 3 rings (SSSR count). The maximum absolute atomic E-state index is 5.86. The first-order valence-corrected chi connectivity index (χ1v) is 6.55. The van der Waals surface area contributed by atoms with E-state index in [0.717, 1.165) is 10.6 Å². The van der Waals surface area contributed by atoms with Crippen molar-refractivity contribution in [1.82, 2.24) is 4.98 Å². The molecule has 0 amide bonds. The van der Waals surface area contributed by atoms with Crippen molar-refractivity contribution in [1.29, 1.82) is 0 Å². The summed E-state index contributed by atoms with van der Waals surface area (Å²) in [5.74, 6) is 0.806. The minimum absolute atomic E-state index is 0.571. The van der Waals surface area contributed by atoms with Crippen molar-refractivity contribution in [2.24, 2.45) is 0 Å². The van der Waals surface area contributed by atoms with Crippen LogP contribution in [0.4, 0.5) is 5.69 Å². The Morgan fingerprint density at radius 1 is 1.21 bits per heavy atom. The summed E-state index contributed by atoms with van der Waals surface area (Å²) in [7, 11) is 1.64. The highest BCUT2D eigenvalue weighted by molar-refractivity contribution is 7.99. The van der Waals surface area contributed by atoms with Crippen molar-refractivity contribution in [3.05, 3.63) is 42.5 Å². The van der Waals surface area contributed by atoms with E-state index in [1.165, 1.54) is 11.8 Å². The van der Waals surface area contributed by atoms with Crippen molar-refractivity contribution < 1.29 is 9.15 Å². The third kappa shape index (κ3) is 2.37. The normalized spacial score (nSPS) is 10.8. The number of methoxy groups -OCH3 is 1. The number of rotatable bonds is 3. The molecule has 0 saturated heterocycles. The van der Waals surface area contributed by atoms with Crippen LogP contribution in [0.25, 0.3) is 11.1 Å². The second kappa shape index (κ2) is 4.85. The van der Waals surface area contributed by atoms with Crippen LogP contribution >= 0.6 is 11.8 Å². The molecule has 3 aromatic rings. The van der Waals surface area contributed by atoms with Crippen molar-refractivity contribution in [3.63, 3.8) is 0 Å². The Morgan fingerprint density at radius 2 is 2.05 bits per heavy atom. The Labute approximate surface area is 114 Å². The quantitative estimate of drug-likeness (QED) is 0.738. The van der Waals surface area contributed by atoms with Crippen LogP contribution in [0, 0.1) is 0 Å². The first kappa shape index (κ1) is 11.9. The molecule has 0 aliphatic carbocycles. The van der Waals surface area contributed by atoms with E-state index in [-0.39, 0.29) is 0 Å². The number of ether oxygens (including phenoxy) is 1. The number of fused-ring (bicyclic) bond motifs is 1. The van der Waals surface area contributed by atoms with Crippen LogP contribution in [0.5, 0.6) is 5.75 Å². The fourth-order valence-corrected chi connectivity index (χ4v) is 2.55. The molecule has 0 radical (unpaired) electrons. The molecule has 0 bridgehead atoms. The summed E-state index contributed by atoms with van der Waals surface area (Å²) in [5, 5.41) is 0.571. The van der Waals surface area contributed by atoms with Gasteiger partial charge < -0.3 is 14.9 Å². The molecule has 0 aliphatic heterocycles. The van der Waals surface area contributed by atoms with Crippen molar-refractivity contribution >= 4 is 28.5 Å². The van der Waals surface area contributed by atoms with Gasteiger partial charge in [-0.15, -0.1) is 0 Å². The maximum Gasteiger partial charge on any atom is 0.261 e. The van der Waals surface area contributed by atoms with Gasteiger partial charge in [0.1, 0.15) is 11.3 Å². The lowest BCUT2D eigenvalue weighted by Crippen LogP contribution is -1.85. The lowest BCUT2D eigenvalue weighted by atomic mass is 10.3. The molecular weight excluding hydrogens is 260 g/mol. The minimum atomic E-state index is 0.571. The average molecular weight is 272 g/mol. The first-order chi connectivity index (χ1) is 9.26. The molecule has 2 N–H and O–H groups in total. The molecular formula is C14H12N2O2S. The molecule has 1 heterocycles. The highest BCUT2D eigenvalue weighted by atomic mass is 32.2. The Kier molecular flexibility index (Phi) is 3.05. The van der Waals surface area contributed by atoms with Crippen molar-refractivity contribution in [2.75, 3.05) is 12.8 Å². The Balaban J connectivity index is 1.94. The number of hydrogen-bond donors (Lipinski definition) is 1. The topological polar surface area (TPSA) is 61.3 Å². The van der Waals surface area contributed by atoms with Crippen molar-refractivity contribution in [2.45, 2.75) is 10.1 Å². The van der Waals surface area contributed by atoms with Crippen LogP contribution in [0.1, 0.15) is 0 Å². The molecule has 5 heteroatoms. The van der Waals surface area contributed by atoms with E-state index in [0.29, 0.717) is 22.0 Å². The van der Waals surface area contributed by atoms with Gasteiger partial charge in [-0.25, -0.2) is 4.98 Å². The van der Waals surface area contributed by atoms with E-state index < -0.39 is 0 Å². The molecule has 0 aliphatic rings. The van der Waals surface area contributed by atoms with E-state index in [2.05, 4.69) is 4.98 Å². The molecule has 0 spiro atoms. The Morgan fingerprint density at radius 3 is 2.84 bits per heavy atom. The van der Waals surface area contributed by atoms with Gasteiger partial charge in [-0.3, -0.25) is 0 Å². The summed E-state index contributed by atoms with van der Waals surface area (Å²) in [6.45, 7) is 0. The van der Waals surface area contributed by atoms with Gasteiger partial charge in [0.15, 0.2) is 5.58 Å². The van der Waals surface area contributed by atoms with E-state index in [1.807, 2.05) is 42.5 Å². The number of para-hydroxylation sites is 1. The molecule has 1 aromatic heterocycles. The molecule has 96 valence electrons. The molecule has 0 fully saturated rings. The van der Waals surface area contributed by atoms with E-state index in [9.17, 15) is 0 Å². The SMILES string of the molecule is COc1cccc(Sc2nc3c(N)cccc3o2)c1. The fraction of sp³-hybridized carbons (Fsp3) is 0.0714. The number of nitrogens with two attached hydrogens (primary N) is 1. The first-order valence-electron chi connectivity index (χ1n) is 5.73. The number of nitrogens with zero attached hydrogens (tertiary/aromatic N) is 1. The zero-order valence-corrected chi connectivity index (χ0v) is 11.1. The van der Waals surface area contributed by atoms with Crippen LogP contribution in [-0.2, 0) is 0 Å². The smallest absolute Gasteiger partial charge is 0.261 e. The van der Waals surface area contributed by atoms with E-state index >= 15 is 0 Å². The molecule has 4 nitrogen and oxygen atoms in total. The fourth-order valence-electron chi connectivity index (χ4n) is 1.76. The third-order valence-electron chi connectivity index (χ3n) is 2.68. The zero-order chi connectivity index (χ0) is 13.2. The minimum Gasteiger partial charge on any atom is -0.497 e. The number of anilines is 1. The lowest BCUT2D eigenvalue weighted by Gasteiger charge is -2.01. The van der Waals surface area contributed by atoms with Crippen LogP contribution < -0.4 is 10.5 Å². The molecule has 19 heavy (non-hydrogen) atoms. The number of hydrogen-bond acceptors (Lipinski definition) is 5. The summed E-state index contributed by atoms with van der Waals surface area (Å²) in [5.41, 5.74) is 7.88. The van der Waals surface area contributed by atoms with Gasteiger partial charge in [0.2, 0.25) is 0 Å². The Hall–Kier alpha value is -2.14. The predicted molar refractivity (Wildman–Crippen MR) is 75.5 cm³/mol. The standard InChI is InChI=1S/C14H12N2O2S/c1-17-9-4-2-5-10(8-9)19-14-16-13-11(15)6-3-7-12(13)18-14/h2-8H,15H2,1H3. The average Bonchev–Trinajstić information content (AvgIpc) is 2.83. The van der Waals surface area contributed by atoms with Gasteiger partial charge in [-0.1, -0.05) is 12.1 Å². The van der Waals surface area contributed by atoms with Gasteiger partial charge in [-0.2, -0.15) is 0 Å². The molecule has 0 saturated carbocycles. The Bertz CT molecular complexity index is 724. The van der Waals surface area contributed by atoms with Crippen LogP contribution in [0.3, 0.4) is 0 Å². The van der Waals surface area contributed by atoms with E-state index in [4.69, 9.17) is 14.9 Å².